The van der Waals surface area contributed by atoms with E-state index < -0.39 is 0 Å². The molecule has 0 spiro atoms. The zero-order valence-electron chi connectivity index (χ0n) is 12.3. The lowest BCUT2D eigenvalue weighted by molar-refractivity contribution is 0.0952. The van der Waals surface area contributed by atoms with E-state index in [1.165, 1.54) is 6.20 Å². The Bertz CT molecular complexity index is 604. The second kappa shape index (κ2) is 6.85. The lowest BCUT2D eigenvalue weighted by atomic mass is 10.2. The molecule has 4 N–H and O–H groups in total. The summed E-state index contributed by atoms with van der Waals surface area (Å²) in [7, 11) is 0. The van der Waals surface area contributed by atoms with E-state index in [0.29, 0.717) is 17.9 Å². The molecule has 7 heteroatoms. The fourth-order valence-electron chi connectivity index (χ4n) is 2.05. The molecule has 112 valence electrons. The minimum absolute atomic E-state index is 0.139. The topological polar surface area (TPSA) is 97.9 Å². The summed E-state index contributed by atoms with van der Waals surface area (Å²) in [5, 5.41) is 7.24. The van der Waals surface area contributed by atoms with Crippen LogP contribution < -0.4 is 16.6 Å². The maximum atomic E-state index is 11.9. The van der Waals surface area contributed by atoms with Gasteiger partial charge in [0.25, 0.3) is 5.91 Å². The van der Waals surface area contributed by atoms with Gasteiger partial charge in [-0.3, -0.25) is 9.48 Å². The highest BCUT2D eigenvalue weighted by atomic mass is 16.1. The third kappa shape index (κ3) is 4.03. The molecule has 0 atom stereocenters. The molecule has 7 nitrogen and oxygen atoms in total. The smallest absolute Gasteiger partial charge is 0.252 e. The van der Waals surface area contributed by atoms with Gasteiger partial charge in [0.15, 0.2) is 0 Å². The quantitative estimate of drug-likeness (QED) is 0.418. The fourth-order valence-corrected chi connectivity index (χ4v) is 2.05. The minimum Gasteiger partial charge on any atom is -0.352 e. The summed E-state index contributed by atoms with van der Waals surface area (Å²) in [5.74, 6) is 5.61. The largest absolute Gasteiger partial charge is 0.352 e. The summed E-state index contributed by atoms with van der Waals surface area (Å²) in [6.45, 7) is 5.37. The predicted molar refractivity (Wildman–Crippen MR) is 80.7 cm³/mol. The van der Waals surface area contributed by atoms with Gasteiger partial charge in [-0.1, -0.05) is 0 Å². The van der Waals surface area contributed by atoms with Gasteiger partial charge in [0.05, 0.1) is 11.3 Å². The number of nitrogens with one attached hydrogen (secondary N) is 2. The third-order valence-corrected chi connectivity index (χ3v) is 3.11. The Morgan fingerprint density at radius 3 is 2.76 bits per heavy atom. The molecule has 0 bridgehead atoms. The van der Waals surface area contributed by atoms with E-state index in [1.807, 2.05) is 24.6 Å². The zero-order valence-corrected chi connectivity index (χ0v) is 12.3. The number of nitrogens with two attached hydrogens (primary N) is 1. The number of amides is 1. The van der Waals surface area contributed by atoms with Gasteiger partial charge in [-0.2, -0.15) is 5.10 Å². The number of pyridine rings is 1. The van der Waals surface area contributed by atoms with E-state index in [4.69, 9.17) is 5.84 Å². The number of nitrogen functional groups attached to an aromatic ring is 1. The van der Waals surface area contributed by atoms with Gasteiger partial charge < -0.3 is 10.7 Å². The maximum Gasteiger partial charge on any atom is 0.252 e. The Labute approximate surface area is 123 Å². The number of aryl methyl sites for hydroxylation is 3. The van der Waals surface area contributed by atoms with Crippen LogP contribution in [0.1, 0.15) is 28.2 Å². The van der Waals surface area contributed by atoms with Crippen LogP contribution in [0.15, 0.2) is 24.4 Å². The van der Waals surface area contributed by atoms with Crippen LogP contribution in [0, 0.1) is 13.8 Å². The van der Waals surface area contributed by atoms with E-state index >= 15 is 0 Å². The summed E-state index contributed by atoms with van der Waals surface area (Å²) in [5.41, 5.74) is 5.07. The van der Waals surface area contributed by atoms with Crippen LogP contribution in [0.4, 0.5) is 5.82 Å². The molecule has 0 saturated heterocycles. The molecule has 2 rings (SSSR count). The predicted octanol–water partition coefficient (Wildman–Crippen LogP) is 1.00. The number of carbonyl (C=O) groups excluding carboxylic acids is 1. The molecule has 21 heavy (non-hydrogen) atoms. The number of aromatic nitrogens is 3. The van der Waals surface area contributed by atoms with Gasteiger partial charge in [-0.05, 0) is 38.5 Å². The highest BCUT2D eigenvalue weighted by molar-refractivity contribution is 5.93. The normalized spacial score (nSPS) is 10.4. The molecule has 0 saturated carbocycles. The molecular weight excluding hydrogens is 268 g/mol. The average Bonchev–Trinajstić information content (AvgIpc) is 2.81. The van der Waals surface area contributed by atoms with Crippen molar-refractivity contribution < 1.29 is 4.79 Å². The summed E-state index contributed by atoms with van der Waals surface area (Å²) >= 11 is 0. The first-order valence-corrected chi connectivity index (χ1v) is 6.82. The molecular formula is C14H20N6O. The van der Waals surface area contributed by atoms with Gasteiger partial charge in [0.2, 0.25) is 0 Å². The van der Waals surface area contributed by atoms with Crippen LogP contribution in [-0.4, -0.2) is 27.2 Å². The van der Waals surface area contributed by atoms with Crippen LogP contribution in [0.5, 0.6) is 0 Å². The minimum atomic E-state index is -0.139. The van der Waals surface area contributed by atoms with Crippen molar-refractivity contribution in [2.24, 2.45) is 5.84 Å². The van der Waals surface area contributed by atoms with Crippen molar-refractivity contribution >= 4 is 11.7 Å². The summed E-state index contributed by atoms with van der Waals surface area (Å²) in [6, 6.07) is 5.38. The molecule has 0 unspecified atom stereocenters. The highest BCUT2D eigenvalue weighted by Crippen LogP contribution is 2.04. The number of anilines is 1. The van der Waals surface area contributed by atoms with Gasteiger partial charge in [-0.25, -0.2) is 10.8 Å². The van der Waals surface area contributed by atoms with Crippen molar-refractivity contribution in [2.45, 2.75) is 26.8 Å². The van der Waals surface area contributed by atoms with Gasteiger partial charge in [-0.15, -0.1) is 0 Å². The second-order valence-electron chi connectivity index (χ2n) is 4.84. The number of hydrazine groups is 1. The monoisotopic (exact) mass is 288 g/mol. The van der Waals surface area contributed by atoms with Gasteiger partial charge in [0, 0.05) is 25.0 Å². The Balaban J connectivity index is 1.77. The lowest BCUT2D eigenvalue weighted by Gasteiger charge is -2.07. The van der Waals surface area contributed by atoms with Crippen molar-refractivity contribution in [3.05, 3.63) is 41.3 Å². The van der Waals surface area contributed by atoms with Crippen molar-refractivity contribution in [3.8, 4) is 0 Å². The molecule has 0 aliphatic rings. The van der Waals surface area contributed by atoms with Crippen molar-refractivity contribution in [1.29, 1.82) is 0 Å². The highest BCUT2D eigenvalue weighted by Gasteiger charge is 2.06. The number of hydrogen-bond acceptors (Lipinski definition) is 5. The van der Waals surface area contributed by atoms with Crippen molar-refractivity contribution in [1.82, 2.24) is 20.1 Å². The molecule has 2 aromatic rings. The first-order valence-electron chi connectivity index (χ1n) is 6.82. The first kappa shape index (κ1) is 15.0. The van der Waals surface area contributed by atoms with E-state index in [9.17, 15) is 4.79 Å². The summed E-state index contributed by atoms with van der Waals surface area (Å²) in [6.07, 6.45) is 2.31. The number of carbonyl (C=O) groups is 1. The first-order chi connectivity index (χ1) is 10.1. The Morgan fingerprint density at radius 1 is 1.38 bits per heavy atom. The van der Waals surface area contributed by atoms with E-state index in [1.54, 1.807) is 12.1 Å². The van der Waals surface area contributed by atoms with E-state index in [0.717, 1.165) is 24.4 Å². The van der Waals surface area contributed by atoms with Crippen LogP contribution in [0.25, 0.3) is 0 Å². The van der Waals surface area contributed by atoms with Gasteiger partial charge >= 0.3 is 0 Å². The SMILES string of the molecule is Cc1cc(C)n(CCCNC(=O)c2ccc(NN)nc2)n1. The van der Waals surface area contributed by atoms with E-state index in [-0.39, 0.29) is 5.91 Å². The zero-order chi connectivity index (χ0) is 15.2. The van der Waals surface area contributed by atoms with Crippen molar-refractivity contribution in [2.75, 3.05) is 12.0 Å². The number of rotatable bonds is 6. The van der Waals surface area contributed by atoms with Crippen LogP contribution in [0.3, 0.4) is 0 Å². The average molecular weight is 288 g/mol. The van der Waals surface area contributed by atoms with Crippen molar-refractivity contribution in [3.63, 3.8) is 0 Å². The maximum absolute atomic E-state index is 11.9. The van der Waals surface area contributed by atoms with Gasteiger partial charge in [0.1, 0.15) is 5.82 Å². The Kier molecular flexibility index (Phi) is 4.89. The summed E-state index contributed by atoms with van der Waals surface area (Å²) in [4.78, 5) is 15.9. The fraction of sp³-hybridized carbons (Fsp3) is 0.357. The Hall–Kier alpha value is -2.41. The molecule has 2 aromatic heterocycles. The molecule has 1 amide bonds. The third-order valence-electron chi connectivity index (χ3n) is 3.11. The molecule has 2 heterocycles. The molecule has 0 aliphatic carbocycles. The number of hydrogen-bond donors (Lipinski definition) is 3. The molecule has 0 radical (unpaired) electrons. The van der Waals surface area contributed by atoms with Crippen LogP contribution in [0.2, 0.25) is 0 Å². The van der Waals surface area contributed by atoms with E-state index in [2.05, 4.69) is 20.8 Å². The Morgan fingerprint density at radius 2 is 2.19 bits per heavy atom. The molecule has 0 fully saturated rings. The lowest BCUT2D eigenvalue weighted by Crippen LogP contribution is -2.25. The summed E-state index contributed by atoms with van der Waals surface area (Å²) < 4.78 is 1.95. The van der Waals surface area contributed by atoms with Crippen LogP contribution >= 0.6 is 0 Å². The number of nitrogens with zero attached hydrogens (tertiary/aromatic N) is 3. The molecule has 0 aliphatic heterocycles. The molecule has 0 aromatic carbocycles. The second-order valence-corrected chi connectivity index (χ2v) is 4.84. The van der Waals surface area contributed by atoms with Crippen LogP contribution in [-0.2, 0) is 6.54 Å². The standard InChI is InChI=1S/C14H20N6O/c1-10-8-11(2)20(19-10)7-3-6-16-14(21)12-4-5-13(18-15)17-9-12/h4-5,8-9H,3,6-7,15H2,1-2H3,(H,16,21)(H,17,18).